The van der Waals surface area contributed by atoms with E-state index in [-0.39, 0.29) is 22.8 Å². The highest BCUT2D eigenvalue weighted by atomic mass is 32.2. The summed E-state index contributed by atoms with van der Waals surface area (Å²) in [7, 11) is 0. The van der Waals surface area contributed by atoms with Crippen molar-refractivity contribution in [1.29, 1.82) is 5.26 Å². The van der Waals surface area contributed by atoms with E-state index >= 15 is 0 Å². The molecular formula is C32H32FN5O2S2. The van der Waals surface area contributed by atoms with Gasteiger partial charge in [0.25, 0.3) is 11.5 Å². The monoisotopic (exact) mass is 601 g/mol. The van der Waals surface area contributed by atoms with E-state index < -0.39 is 0 Å². The van der Waals surface area contributed by atoms with Gasteiger partial charge in [0.2, 0.25) is 0 Å². The van der Waals surface area contributed by atoms with E-state index in [2.05, 4.69) is 11.0 Å². The van der Waals surface area contributed by atoms with Gasteiger partial charge in [-0.25, -0.2) is 4.39 Å². The molecule has 10 heteroatoms. The van der Waals surface area contributed by atoms with Crippen molar-refractivity contribution in [2.75, 3.05) is 36.0 Å². The number of benzene rings is 2. The normalized spacial score (nSPS) is 16.5. The second kappa shape index (κ2) is 12.5. The van der Waals surface area contributed by atoms with Crippen molar-refractivity contribution >= 4 is 51.8 Å². The van der Waals surface area contributed by atoms with Crippen LogP contribution in [0, 0.1) is 31.0 Å². The number of amides is 1. The number of pyridine rings is 1. The summed E-state index contributed by atoms with van der Waals surface area (Å²) in [6.07, 6.45) is 2.48. The van der Waals surface area contributed by atoms with Gasteiger partial charge in [0.1, 0.15) is 27.6 Å². The quantitative estimate of drug-likeness (QED) is 0.257. The van der Waals surface area contributed by atoms with Crippen molar-refractivity contribution in [1.82, 2.24) is 9.47 Å². The van der Waals surface area contributed by atoms with Crippen molar-refractivity contribution in [2.45, 2.75) is 40.3 Å². The average molecular weight is 602 g/mol. The molecule has 42 heavy (non-hydrogen) atoms. The number of thiocarbonyl (C=S) groups is 1. The molecule has 2 aromatic carbocycles. The number of carbonyl (C=O) groups is 1. The molecule has 2 fully saturated rings. The Morgan fingerprint density at radius 2 is 1.69 bits per heavy atom. The lowest BCUT2D eigenvalue weighted by Gasteiger charge is -2.39. The summed E-state index contributed by atoms with van der Waals surface area (Å²) in [6, 6.07) is 16.8. The number of aromatic nitrogens is 1. The lowest BCUT2D eigenvalue weighted by Crippen LogP contribution is -2.49. The smallest absolute Gasteiger partial charge is 0.270 e. The first kappa shape index (κ1) is 29.5. The second-order valence-corrected chi connectivity index (χ2v) is 12.2. The number of thioether (sulfide) groups is 1. The molecule has 3 heterocycles. The van der Waals surface area contributed by atoms with Gasteiger partial charge in [0.05, 0.1) is 17.1 Å². The van der Waals surface area contributed by atoms with Crippen LogP contribution in [0.3, 0.4) is 0 Å². The Kier molecular flexibility index (Phi) is 8.80. The maximum Gasteiger partial charge on any atom is 0.270 e. The van der Waals surface area contributed by atoms with Crippen molar-refractivity contribution in [3.63, 3.8) is 0 Å². The third-order valence-corrected chi connectivity index (χ3v) is 9.05. The molecule has 1 amide bonds. The molecule has 0 bridgehead atoms. The largest absolute Gasteiger partial charge is 0.366 e. The molecular weight excluding hydrogens is 570 g/mol. The van der Waals surface area contributed by atoms with Crippen LogP contribution in [0.2, 0.25) is 0 Å². The highest BCUT2D eigenvalue weighted by Crippen LogP contribution is 2.37. The minimum absolute atomic E-state index is 0.0681. The number of nitriles is 1. The fourth-order valence-electron chi connectivity index (χ4n) is 5.43. The Hall–Kier alpha value is -3.94. The van der Waals surface area contributed by atoms with E-state index in [4.69, 9.17) is 12.2 Å². The lowest BCUT2D eigenvalue weighted by atomic mass is 10.0. The predicted molar refractivity (Wildman–Crippen MR) is 171 cm³/mol. The van der Waals surface area contributed by atoms with Crippen LogP contribution in [0.4, 0.5) is 15.9 Å². The number of para-hydroxylation sites is 1. The van der Waals surface area contributed by atoms with Crippen LogP contribution >= 0.6 is 24.0 Å². The summed E-state index contributed by atoms with van der Waals surface area (Å²) >= 11 is 6.84. The molecule has 216 valence electrons. The second-order valence-electron chi connectivity index (χ2n) is 10.5. The first-order chi connectivity index (χ1) is 20.2. The number of hydrogen-bond acceptors (Lipinski definition) is 7. The SMILES string of the molecule is CCCn1c(N2CCN(c3ccccc3F)CC2)c(/C=C2\SC(=S)N(Cc3ccc(C)cc3)C2=O)c(C)c(C#N)c1=O. The molecule has 2 saturated heterocycles. The van der Waals surface area contributed by atoms with Gasteiger partial charge in [-0.3, -0.25) is 19.1 Å². The van der Waals surface area contributed by atoms with E-state index in [1.54, 1.807) is 34.6 Å². The molecule has 5 rings (SSSR count). The van der Waals surface area contributed by atoms with Crippen LogP contribution in [0.1, 0.15) is 41.2 Å². The first-order valence-corrected chi connectivity index (χ1v) is 15.2. The van der Waals surface area contributed by atoms with Crippen LogP contribution < -0.4 is 15.4 Å². The number of carbonyl (C=O) groups excluding carboxylic acids is 1. The molecule has 1 aromatic heterocycles. The number of nitrogens with zero attached hydrogens (tertiary/aromatic N) is 5. The highest BCUT2D eigenvalue weighted by Gasteiger charge is 2.34. The number of halogens is 1. The van der Waals surface area contributed by atoms with Crippen molar-refractivity contribution in [3.8, 4) is 6.07 Å². The maximum absolute atomic E-state index is 14.5. The molecule has 0 aliphatic carbocycles. The van der Waals surface area contributed by atoms with Gasteiger partial charge in [-0.05, 0) is 49.6 Å². The fraction of sp³-hybridized carbons (Fsp3) is 0.312. The Morgan fingerprint density at radius 1 is 1.02 bits per heavy atom. The molecule has 0 N–H and O–H groups in total. The molecule has 0 atom stereocenters. The Balaban J connectivity index is 1.53. The summed E-state index contributed by atoms with van der Waals surface area (Å²) < 4.78 is 16.6. The number of hydrogen-bond donors (Lipinski definition) is 0. The molecule has 0 saturated carbocycles. The van der Waals surface area contributed by atoms with E-state index in [1.165, 1.54) is 17.8 Å². The maximum atomic E-state index is 14.5. The van der Waals surface area contributed by atoms with Crippen molar-refractivity contribution < 1.29 is 9.18 Å². The van der Waals surface area contributed by atoms with Gasteiger partial charge in [-0.2, -0.15) is 5.26 Å². The van der Waals surface area contributed by atoms with Crippen LogP contribution in [-0.4, -0.2) is 45.9 Å². The Bertz CT molecular complexity index is 1670. The summed E-state index contributed by atoms with van der Waals surface area (Å²) in [5, 5.41) is 9.94. The number of anilines is 2. The lowest BCUT2D eigenvalue weighted by molar-refractivity contribution is -0.122. The third-order valence-electron chi connectivity index (χ3n) is 7.68. The van der Waals surface area contributed by atoms with Crippen molar-refractivity contribution in [2.24, 2.45) is 0 Å². The molecule has 0 radical (unpaired) electrons. The summed E-state index contributed by atoms with van der Waals surface area (Å²) in [4.78, 5) is 33.3. The van der Waals surface area contributed by atoms with Crippen LogP contribution in [0.5, 0.6) is 0 Å². The highest BCUT2D eigenvalue weighted by molar-refractivity contribution is 8.26. The van der Waals surface area contributed by atoms with Crippen LogP contribution in [0.25, 0.3) is 6.08 Å². The van der Waals surface area contributed by atoms with Crippen LogP contribution in [0.15, 0.2) is 58.2 Å². The zero-order chi connectivity index (χ0) is 30.0. The van der Waals surface area contributed by atoms with Gasteiger partial charge in [0.15, 0.2) is 0 Å². The van der Waals surface area contributed by atoms with E-state index in [1.807, 2.05) is 49.1 Å². The van der Waals surface area contributed by atoms with Gasteiger partial charge in [0, 0.05) is 38.3 Å². The number of rotatable bonds is 7. The number of aryl methyl sites for hydroxylation is 1. The molecule has 3 aromatic rings. The third kappa shape index (κ3) is 5.72. The first-order valence-electron chi connectivity index (χ1n) is 14.0. The molecule has 0 spiro atoms. The van der Waals surface area contributed by atoms with E-state index in [9.17, 15) is 19.2 Å². The van der Waals surface area contributed by atoms with E-state index in [0.717, 1.165) is 11.1 Å². The summed E-state index contributed by atoms with van der Waals surface area (Å²) in [5.74, 6) is 0.207. The van der Waals surface area contributed by atoms with Crippen molar-refractivity contribution in [3.05, 3.63) is 97.4 Å². The van der Waals surface area contributed by atoms with E-state index in [0.29, 0.717) is 77.5 Å². The summed E-state index contributed by atoms with van der Waals surface area (Å²) in [5.41, 5.74) is 3.59. The van der Waals surface area contributed by atoms with Crippen LogP contribution in [-0.2, 0) is 17.9 Å². The molecule has 0 unspecified atom stereocenters. The van der Waals surface area contributed by atoms with Gasteiger partial charge >= 0.3 is 0 Å². The minimum atomic E-state index is -0.340. The Labute approximate surface area is 254 Å². The molecule has 2 aliphatic heterocycles. The summed E-state index contributed by atoms with van der Waals surface area (Å²) in [6.45, 7) is 8.73. The fourth-order valence-corrected chi connectivity index (χ4v) is 6.66. The zero-order valence-electron chi connectivity index (χ0n) is 23.9. The van der Waals surface area contributed by atoms with Gasteiger partial charge < -0.3 is 9.80 Å². The standard InChI is InChI=1S/C32H32FN5O2S2/c1-4-13-37-29(36-16-14-35(15-17-36)27-8-6-5-7-26(27)33)24(22(3)25(19-34)30(37)39)18-28-31(40)38(32(41)42-28)20-23-11-9-21(2)10-12-23/h5-12,18H,4,13-17,20H2,1-3H3/b28-18-. The van der Waals surface area contributed by atoms with Gasteiger partial charge in [-0.1, -0.05) is 72.9 Å². The zero-order valence-corrected chi connectivity index (χ0v) is 25.5. The average Bonchev–Trinajstić information content (AvgIpc) is 3.25. The van der Waals surface area contributed by atoms with Gasteiger partial charge in [-0.15, -0.1) is 0 Å². The molecule has 2 aliphatic rings. The predicted octanol–water partition coefficient (Wildman–Crippen LogP) is 5.61. The topological polar surface area (TPSA) is 72.6 Å². The number of piperazine rings is 1. The Morgan fingerprint density at radius 3 is 2.33 bits per heavy atom. The minimum Gasteiger partial charge on any atom is -0.366 e. The molecule has 7 nitrogen and oxygen atoms in total.